The molecule has 33 heavy (non-hydrogen) atoms. The Morgan fingerprint density at radius 1 is 0.879 bits per heavy atom. The first kappa shape index (κ1) is 21.9. The van der Waals surface area contributed by atoms with Crippen molar-refractivity contribution in [2.75, 3.05) is 11.6 Å². The van der Waals surface area contributed by atoms with Crippen molar-refractivity contribution in [1.82, 2.24) is 14.5 Å². The zero-order valence-electron chi connectivity index (χ0n) is 19.8. The molecule has 5 nitrogen and oxygen atoms in total. The molecule has 0 spiro atoms. The summed E-state index contributed by atoms with van der Waals surface area (Å²) in [5, 5.41) is 0. The van der Waals surface area contributed by atoms with Gasteiger partial charge in [0.15, 0.2) is 0 Å². The molecule has 5 heteroatoms. The Kier molecular flexibility index (Phi) is 6.32. The maximum absolute atomic E-state index is 13.8. The Hall–Kier alpha value is -2.92. The van der Waals surface area contributed by atoms with Crippen molar-refractivity contribution in [3.05, 3.63) is 87.3 Å². The van der Waals surface area contributed by atoms with Crippen LogP contribution in [0.5, 0.6) is 0 Å². The minimum atomic E-state index is 0.0942. The van der Waals surface area contributed by atoms with E-state index >= 15 is 0 Å². The summed E-state index contributed by atoms with van der Waals surface area (Å²) in [6.07, 6.45) is 8.24. The molecule has 2 heterocycles. The molecule has 0 N–H and O–H groups in total. The van der Waals surface area contributed by atoms with Crippen molar-refractivity contribution >= 4 is 11.6 Å². The third kappa shape index (κ3) is 4.60. The van der Waals surface area contributed by atoms with Gasteiger partial charge in [0.2, 0.25) is 5.95 Å². The topological polar surface area (TPSA) is 41.4 Å². The molecule has 172 valence electrons. The predicted molar refractivity (Wildman–Crippen MR) is 134 cm³/mol. The van der Waals surface area contributed by atoms with E-state index in [0.29, 0.717) is 19.1 Å². The van der Waals surface area contributed by atoms with E-state index in [9.17, 15) is 4.79 Å². The van der Waals surface area contributed by atoms with Gasteiger partial charge in [-0.25, -0.2) is 4.98 Å². The number of fused-ring (bicyclic) bond motifs is 1. The Morgan fingerprint density at radius 3 is 2.27 bits per heavy atom. The van der Waals surface area contributed by atoms with Crippen molar-refractivity contribution in [3.63, 3.8) is 0 Å². The fourth-order valence-electron chi connectivity index (χ4n) is 5.27. The van der Waals surface area contributed by atoms with E-state index in [1.807, 2.05) is 29.7 Å². The van der Waals surface area contributed by atoms with Gasteiger partial charge in [-0.05, 0) is 44.4 Å². The number of benzene rings is 2. The van der Waals surface area contributed by atoms with E-state index in [4.69, 9.17) is 4.98 Å². The van der Waals surface area contributed by atoms with E-state index in [-0.39, 0.29) is 5.56 Å². The van der Waals surface area contributed by atoms with Gasteiger partial charge in [-0.2, -0.15) is 0 Å². The van der Waals surface area contributed by atoms with Gasteiger partial charge < -0.3 is 0 Å². The molecule has 0 unspecified atom stereocenters. The summed E-state index contributed by atoms with van der Waals surface area (Å²) in [5.74, 6) is 0.767. The lowest BCUT2D eigenvalue weighted by Gasteiger charge is -2.42. The minimum absolute atomic E-state index is 0.0942. The lowest BCUT2D eigenvalue weighted by Crippen LogP contribution is -2.51. The molecule has 1 aromatic heterocycles. The standard InChI is InChI=1S/C28H34N4O/c1-21-14-16-25(17-15-21)31-19-30(24-12-8-3-4-9-13-24)20-32-27(33)26(22(2)29-28(31)32)18-23-10-6-5-7-11-23/h5-7,10-11,14-17,24H,3-4,8-9,12-13,18-20H2,1-2H3. The van der Waals surface area contributed by atoms with Crippen LogP contribution in [0.2, 0.25) is 0 Å². The molecule has 1 aliphatic carbocycles. The molecule has 1 aliphatic heterocycles. The fourth-order valence-corrected chi connectivity index (χ4v) is 5.27. The van der Waals surface area contributed by atoms with Gasteiger partial charge in [0.25, 0.3) is 5.56 Å². The highest BCUT2D eigenvalue weighted by Gasteiger charge is 2.31. The van der Waals surface area contributed by atoms with Crippen LogP contribution in [0.3, 0.4) is 0 Å². The van der Waals surface area contributed by atoms with Crippen LogP contribution in [0.1, 0.15) is 60.9 Å². The summed E-state index contributed by atoms with van der Waals surface area (Å²) in [6, 6.07) is 19.3. The summed E-state index contributed by atoms with van der Waals surface area (Å²) >= 11 is 0. The highest BCUT2D eigenvalue weighted by molar-refractivity contribution is 5.59. The van der Waals surface area contributed by atoms with Crippen LogP contribution in [-0.4, -0.2) is 27.2 Å². The quantitative estimate of drug-likeness (QED) is 0.497. The van der Waals surface area contributed by atoms with Crippen molar-refractivity contribution in [3.8, 4) is 0 Å². The van der Waals surface area contributed by atoms with Crippen LogP contribution < -0.4 is 10.5 Å². The van der Waals surface area contributed by atoms with Crippen LogP contribution in [0.15, 0.2) is 59.4 Å². The van der Waals surface area contributed by atoms with Crippen molar-refractivity contribution in [1.29, 1.82) is 0 Å². The maximum Gasteiger partial charge on any atom is 0.259 e. The molecule has 1 saturated carbocycles. The summed E-state index contributed by atoms with van der Waals surface area (Å²) in [4.78, 5) is 23.6. The van der Waals surface area contributed by atoms with E-state index in [2.05, 4.69) is 53.1 Å². The van der Waals surface area contributed by atoms with Gasteiger partial charge in [0, 0.05) is 23.7 Å². The van der Waals surface area contributed by atoms with E-state index in [1.54, 1.807) is 0 Å². The lowest BCUT2D eigenvalue weighted by atomic mass is 10.0. The summed E-state index contributed by atoms with van der Waals surface area (Å²) in [5.41, 5.74) is 5.20. The summed E-state index contributed by atoms with van der Waals surface area (Å²) in [6.45, 7) is 5.48. The van der Waals surface area contributed by atoms with Crippen LogP contribution in [-0.2, 0) is 13.1 Å². The molecule has 0 radical (unpaired) electrons. The second-order valence-corrected chi connectivity index (χ2v) is 9.65. The van der Waals surface area contributed by atoms with Crippen LogP contribution in [0, 0.1) is 13.8 Å². The molecule has 3 aromatic rings. The van der Waals surface area contributed by atoms with Crippen molar-refractivity contribution in [2.24, 2.45) is 0 Å². The van der Waals surface area contributed by atoms with Gasteiger partial charge in [0.05, 0.1) is 19.0 Å². The second-order valence-electron chi connectivity index (χ2n) is 9.65. The zero-order chi connectivity index (χ0) is 22.8. The zero-order valence-corrected chi connectivity index (χ0v) is 19.8. The molecular weight excluding hydrogens is 408 g/mol. The van der Waals surface area contributed by atoms with Crippen molar-refractivity contribution in [2.45, 2.75) is 71.5 Å². The van der Waals surface area contributed by atoms with E-state index < -0.39 is 0 Å². The maximum atomic E-state index is 13.8. The summed E-state index contributed by atoms with van der Waals surface area (Å²) < 4.78 is 1.92. The first-order chi connectivity index (χ1) is 16.1. The largest absolute Gasteiger partial charge is 0.298 e. The molecule has 0 atom stereocenters. The number of aromatic nitrogens is 2. The fraction of sp³-hybridized carbons (Fsp3) is 0.429. The SMILES string of the molecule is Cc1ccc(N2CN(C3CCCCCC3)Cn3c2nc(C)c(Cc2ccccc2)c3=O)cc1. The first-order valence-electron chi connectivity index (χ1n) is 12.3. The molecule has 2 aromatic carbocycles. The number of rotatable bonds is 4. The highest BCUT2D eigenvalue weighted by Crippen LogP contribution is 2.31. The number of hydrogen-bond acceptors (Lipinski definition) is 4. The molecule has 0 bridgehead atoms. The Labute approximate surface area is 196 Å². The molecule has 0 amide bonds. The number of hydrogen-bond donors (Lipinski definition) is 0. The van der Waals surface area contributed by atoms with E-state index in [0.717, 1.165) is 35.1 Å². The first-order valence-corrected chi connectivity index (χ1v) is 12.3. The summed E-state index contributed by atoms with van der Waals surface area (Å²) in [7, 11) is 0. The molecule has 2 aliphatic rings. The number of nitrogens with zero attached hydrogens (tertiary/aromatic N) is 4. The van der Waals surface area contributed by atoms with Crippen LogP contribution in [0.4, 0.5) is 11.6 Å². The molecule has 0 saturated heterocycles. The van der Waals surface area contributed by atoms with E-state index in [1.165, 1.54) is 44.1 Å². The smallest absolute Gasteiger partial charge is 0.259 e. The molecule has 1 fully saturated rings. The second kappa shape index (κ2) is 9.52. The van der Waals surface area contributed by atoms with Gasteiger partial charge in [-0.1, -0.05) is 73.7 Å². The Morgan fingerprint density at radius 2 is 1.58 bits per heavy atom. The average Bonchev–Trinajstić information content (AvgIpc) is 3.12. The van der Waals surface area contributed by atoms with Gasteiger partial charge in [0.1, 0.15) is 0 Å². The molecule has 5 rings (SSSR count). The monoisotopic (exact) mass is 442 g/mol. The van der Waals surface area contributed by atoms with Crippen molar-refractivity contribution < 1.29 is 0 Å². The van der Waals surface area contributed by atoms with Gasteiger partial charge in [-0.3, -0.25) is 19.2 Å². The predicted octanol–water partition coefficient (Wildman–Crippen LogP) is 5.54. The third-order valence-electron chi connectivity index (χ3n) is 7.25. The average molecular weight is 443 g/mol. The third-order valence-corrected chi connectivity index (χ3v) is 7.25. The Bertz CT molecular complexity index is 1150. The number of anilines is 2. The van der Waals surface area contributed by atoms with Crippen LogP contribution in [0.25, 0.3) is 0 Å². The van der Waals surface area contributed by atoms with Crippen LogP contribution >= 0.6 is 0 Å². The Balaban J connectivity index is 1.57. The number of aryl methyl sites for hydroxylation is 2. The highest BCUT2D eigenvalue weighted by atomic mass is 16.1. The van der Waals surface area contributed by atoms with Gasteiger partial charge >= 0.3 is 0 Å². The normalized spacial score (nSPS) is 17.6. The lowest BCUT2D eigenvalue weighted by molar-refractivity contribution is 0.123. The molecular formula is C28H34N4O. The minimum Gasteiger partial charge on any atom is -0.298 e. The van der Waals surface area contributed by atoms with Gasteiger partial charge in [-0.15, -0.1) is 0 Å².